The van der Waals surface area contributed by atoms with Crippen LogP contribution >= 0.6 is 0 Å². The van der Waals surface area contributed by atoms with Crippen molar-refractivity contribution >= 4 is 27.5 Å². The first-order valence-electron chi connectivity index (χ1n) is 11.5. The lowest BCUT2D eigenvalue weighted by molar-refractivity contribution is -0.139. The van der Waals surface area contributed by atoms with Crippen LogP contribution in [0.3, 0.4) is 0 Å². The van der Waals surface area contributed by atoms with Crippen LogP contribution in [-0.4, -0.2) is 71.8 Å². The highest BCUT2D eigenvalue weighted by atomic mass is 32.2. The Bertz CT molecular complexity index is 1140. The summed E-state index contributed by atoms with van der Waals surface area (Å²) in [7, 11) is 0.541. The fourth-order valence-corrected chi connectivity index (χ4v) is 4.34. The van der Waals surface area contributed by atoms with E-state index in [9.17, 15) is 18.0 Å². The smallest absolute Gasteiger partial charge is 0.244 e. The van der Waals surface area contributed by atoms with Crippen LogP contribution in [0.25, 0.3) is 0 Å². The average Bonchev–Trinajstić information content (AvgIpc) is 2.87. The number of amides is 2. The predicted octanol–water partition coefficient (Wildman–Crippen LogP) is 2.42. The van der Waals surface area contributed by atoms with Gasteiger partial charge in [-0.1, -0.05) is 19.1 Å². The number of nitrogens with zero attached hydrogens (tertiary/aromatic N) is 2. The van der Waals surface area contributed by atoms with Gasteiger partial charge >= 0.3 is 0 Å². The standard InChI is InChI=1S/C25H35N3O7S/c1-7-14-26-25(30)18(2)27(16-19-8-10-20(33-3)11-9-19)24(29)17-28(36(6,31)32)22-13-12-21(34-4)15-23(22)35-5/h8-13,15,18H,7,14,16-17H2,1-6H3,(H,26,30)/t18-/m1/s1. The normalized spacial score (nSPS) is 11.8. The fourth-order valence-electron chi connectivity index (χ4n) is 3.49. The largest absolute Gasteiger partial charge is 0.497 e. The molecule has 0 heterocycles. The zero-order valence-corrected chi connectivity index (χ0v) is 22.4. The van der Waals surface area contributed by atoms with E-state index in [4.69, 9.17) is 14.2 Å². The molecule has 198 valence electrons. The van der Waals surface area contributed by atoms with Crippen LogP contribution in [0.1, 0.15) is 25.8 Å². The Hall–Kier alpha value is -3.47. The lowest BCUT2D eigenvalue weighted by atomic mass is 10.1. The van der Waals surface area contributed by atoms with Gasteiger partial charge in [0.25, 0.3) is 0 Å². The van der Waals surface area contributed by atoms with Gasteiger partial charge in [0.05, 0.1) is 33.3 Å². The summed E-state index contributed by atoms with van der Waals surface area (Å²) in [6, 6.07) is 10.9. The van der Waals surface area contributed by atoms with Crippen LogP contribution in [0.5, 0.6) is 17.2 Å². The number of anilines is 1. The monoisotopic (exact) mass is 521 g/mol. The van der Waals surface area contributed by atoms with Crippen LogP contribution < -0.4 is 23.8 Å². The molecular weight excluding hydrogens is 486 g/mol. The molecule has 0 saturated heterocycles. The van der Waals surface area contributed by atoms with E-state index in [0.717, 1.165) is 22.5 Å². The SMILES string of the molecule is CCCNC(=O)[C@@H](C)N(Cc1ccc(OC)cc1)C(=O)CN(c1ccc(OC)cc1OC)S(C)(=O)=O. The second kappa shape index (κ2) is 13.0. The maximum atomic E-state index is 13.6. The number of sulfonamides is 1. The lowest BCUT2D eigenvalue weighted by Crippen LogP contribution is -2.51. The summed E-state index contributed by atoms with van der Waals surface area (Å²) in [5.41, 5.74) is 0.939. The minimum atomic E-state index is -3.89. The van der Waals surface area contributed by atoms with Crippen molar-refractivity contribution in [2.45, 2.75) is 32.9 Å². The first-order chi connectivity index (χ1) is 17.0. The van der Waals surface area contributed by atoms with Gasteiger partial charge in [-0.3, -0.25) is 13.9 Å². The van der Waals surface area contributed by atoms with Crippen molar-refractivity contribution in [3.63, 3.8) is 0 Å². The molecule has 0 fully saturated rings. The highest BCUT2D eigenvalue weighted by molar-refractivity contribution is 7.92. The molecule has 0 bridgehead atoms. The Kier molecular flexibility index (Phi) is 10.4. The van der Waals surface area contributed by atoms with Crippen molar-refractivity contribution in [2.75, 3.05) is 45.0 Å². The lowest BCUT2D eigenvalue weighted by Gasteiger charge is -2.32. The van der Waals surface area contributed by atoms with E-state index < -0.39 is 28.5 Å². The van der Waals surface area contributed by atoms with Gasteiger partial charge in [0, 0.05) is 19.2 Å². The number of hydrogen-bond acceptors (Lipinski definition) is 7. The number of methoxy groups -OCH3 is 3. The molecule has 2 aromatic carbocycles. The van der Waals surface area contributed by atoms with Crippen LogP contribution in [0.4, 0.5) is 5.69 Å². The zero-order valence-electron chi connectivity index (χ0n) is 21.6. The first-order valence-corrected chi connectivity index (χ1v) is 13.3. The third kappa shape index (κ3) is 7.51. The van der Waals surface area contributed by atoms with Crippen molar-refractivity contribution in [3.8, 4) is 17.2 Å². The molecule has 2 aromatic rings. The second-order valence-corrected chi connectivity index (χ2v) is 10.1. The summed E-state index contributed by atoms with van der Waals surface area (Å²) in [4.78, 5) is 27.7. The Labute approximate surface area is 213 Å². The number of hydrogen-bond donors (Lipinski definition) is 1. The third-order valence-corrected chi connectivity index (χ3v) is 6.69. The average molecular weight is 522 g/mol. The zero-order chi connectivity index (χ0) is 26.9. The molecule has 0 saturated carbocycles. The van der Waals surface area contributed by atoms with E-state index in [1.165, 1.54) is 31.3 Å². The van der Waals surface area contributed by atoms with Crippen LogP contribution in [0.2, 0.25) is 0 Å². The summed E-state index contributed by atoms with van der Waals surface area (Å²) >= 11 is 0. The van der Waals surface area contributed by atoms with E-state index >= 15 is 0 Å². The highest BCUT2D eigenvalue weighted by Gasteiger charge is 2.31. The van der Waals surface area contributed by atoms with Gasteiger partial charge in [0.1, 0.15) is 29.8 Å². The molecule has 0 aliphatic rings. The van der Waals surface area contributed by atoms with Crippen molar-refractivity contribution < 1.29 is 32.2 Å². The molecule has 36 heavy (non-hydrogen) atoms. The molecule has 0 spiro atoms. The molecule has 0 aliphatic carbocycles. The van der Waals surface area contributed by atoms with Crippen molar-refractivity contribution in [2.24, 2.45) is 0 Å². The van der Waals surface area contributed by atoms with Crippen LogP contribution in [0, 0.1) is 0 Å². The van der Waals surface area contributed by atoms with E-state index in [0.29, 0.717) is 18.0 Å². The van der Waals surface area contributed by atoms with Crippen LogP contribution in [0.15, 0.2) is 42.5 Å². The molecule has 1 atom stereocenters. The molecule has 10 nitrogen and oxygen atoms in total. The van der Waals surface area contributed by atoms with Crippen molar-refractivity contribution in [1.29, 1.82) is 0 Å². The van der Waals surface area contributed by atoms with Crippen molar-refractivity contribution in [3.05, 3.63) is 48.0 Å². The number of rotatable bonds is 13. The molecular formula is C25H35N3O7S. The summed E-state index contributed by atoms with van der Waals surface area (Å²) in [5, 5.41) is 2.80. The van der Waals surface area contributed by atoms with Gasteiger partial charge < -0.3 is 24.4 Å². The molecule has 2 amide bonds. The van der Waals surface area contributed by atoms with Gasteiger partial charge in [-0.05, 0) is 43.2 Å². The molecule has 2 rings (SSSR count). The van der Waals surface area contributed by atoms with Gasteiger partial charge in [-0.15, -0.1) is 0 Å². The van der Waals surface area contributed by atoms with E-state index in [1.807, 2.05) is 6.92 Å². The highest BCUT2D eigenvalue weighted by Crippen LogP contribution is 2.33. The predicted molar refractivity (Wildman–Crippen MR) is 138 cm³/mol. The minimum absolute atomic E-state index is 0.0981. The van der Waals surface area contributed by atoms with Crippen molar-refractivity contribution in [1.82, 2.24) is 10.2 Å². The number of carbonyl (C=O) groups is 2. The number of nitrogens with one attached hydrogen (secondary N) is 1. The van der Waals surface area contributed by atoms with Gasteiger partial charge in [-0.2, -0.15) is 0 Å². The third-order valence-electron chi connectivity index (χ3n) is 5.56. The van der Waals surface area contributed by atoms with Gasteiger partial charge in [0.2, 0.25) is 21.8 Å². The summed E-state index contributed by atoms with van der Waals surface area (Å²) < 4.78 is 42.2. The van der Waals surface area contributed by atoms with E-state index in [-0.39, 0.29) is 23.9 Å². The topological polar surface area (TPSA) is 114 Å². The maximum Gasteiger partial charge on any atom is 0.244 e. The van der Waals surface area contributed by atoms with Gasteiger partial charge in [-0.25, -0.2) is 8.42 Å². The second-order valence-electron chi connectivity index (χ2n) is 8.14. The Morgan fingerprint density at radius 3 is 2.11 bits per heavy atom. The quantitative estimate of drug-likeness (QED) is 0.431. The fraction of sp³-hybridized carbons (Fsp3) is 0.440. The Morgan fingerprint density at radius 1 is 0.972 bits per heavy atom. The summed E-state index contributed by atoms with van der Waals surface area (Å²) in [6.07, 6.45) is 1.75. The maximum absolute atomic E-state index is 13.6. The Morgan fingerprint density at radius 2 is 1.58 bits per heavy atom. The van der Waals surface area contributed by atoms with Gasteiger partial charge in [0.15, 0.2) is 0 Å². The Balaban J connectivity index is 2.43. The number of ether oxygens (including phenoxy) is 3. The van der Waals surface area contributed by atoms with E-state index in [1.54, 1.807) is 44.4 Å². The molecule has 0 unspecified atom stereocenters. The van der Waals surface area contributed by atoms with Crippen LogP contribution in [-0.2, 0) is 26.2 Å². The summed E-state index contributed by atoms with van der Waals surface area (Å²) in [6.45, 7) is 3.58. The number of carbonyl (C=O) groups excluding carboxylic acids is 2. The molecule has 0 aromatic heterocycles. The van der Waals surface area contributed by atoms with E-state index in [2.05, 4.69) is 5.32 Å². The summed E-state index contributed by atoms with van der Waals surface area (Å²) in [5.74, 6) is 0.473. The first kappa shape index (κ1) is 28.8. The molecule has 0 aliphatic heterocycles. The molecule has 0 radical (unpaired) electrons. The number of benzene rings is 2. The minimum Gasteiger partial charge on any atom is -0.497 e. The molecule has 1 N–H and O–H groups in total. The molecule has 11 heteroatoms.